The summed E-state index contributed by atoms with van der Waals surface area (Å²) >= 11 is 0. The second-order valence-electron chi connectivity index (χ2n) is 5.59. The van der Waals surface area contributed by atoms with Gasteiger partial charge < -0.3 is 5.32 Å². The van der Waals surface area contributed by atoms with E-state index in [2.05, 4.69) is 71.7 Å². The molecular weight excluding hydrogens is 244 g/mol. The molecule has 104 valence electrons. The molecule has 1 unspecified atom stereocenters. The Morgan fingerprint density at radius 3 is 2.55 bits per heavy atom. The number of aryl methyl sites for hydroxylation is 1. The summed E-state index contributed by atoms with van der Waals surface area (Å²) in [4.78, 5) is 2.58. The van der Waals surface area contributed by atoms with Crippen LogP contribution in [0.5, 0.6) is 0 Å². The third-order valence-electron chi connectivity index (χ3n) is 4.04. The maximum atomic E-state index is 3.52. The zero-order valence-corrected chi connectivity index (χ0v) is 12.0. The summed E-state index contributed by atoms with van der Waals surface area (Å²) in [5.74, 6) is 0. The molecule has 1 aliphatic rings. The minimum atomic E-state index is 0.476. The van der Waals surface area contributed by atoms with E-state index in [1.54, 1.807) is 0 Å². The predicted molar refractivity (Wildman–Crippen MR) is 83.6 cm³/mol. The van der Waals surface area contributed by atoms with Crippen LogP contribution in [-0.4, -0.2) is 24.5 Å². The molecule has 1 atom stereocenters. The van der Waals surface area contributed by atoms with Gasteiger partial charge in [0.2, 0.25) is 0 Å². The van der Waals surface area contributed by atoms with Gasteiger partial charge >= 0.3 is 0 Å². The molecule has 1 heterocycles. The van der Waals surface area contributed by atoms with E-state index < -0.39 is 0 Å². The quantitative estimate of drug-likeness (QED) is 0.918. The van der Waals surface area contributed by atoms with Crippen molar-refractivity contribution in [2.75, 3.05) is 19.6 Å². The van der Waals surface area contributed by atoms with Crippen LogP contribution >= 0.6 is 0 Å². The topological polar surface area (TPSA) is 15.3 Å². The van der Waals surface area contributed by atoms with Crippen LogP contribution in [0.4, 0.5) is 0 Å². The van der Waals surface area contributed by atoms with E-state index in [9.17, 15) is 0 Å². The normalized spacial score (nSPS) is 19.9. The van der Waals surface area contributed by atoms with Gasteiger partial charge in [-0.25, -0.2) is 0 Å². The standard InChI is InChI=1S/C18H22N2/c1-15-7-9-17(10-8-15)18-13-19-11-12-20(18)14-16-5-3-2-4-6-16/h2-10,18-19H,11-14H2,1H3. The first kappa shape index (κ1) is 13.3. The summed E-state index contributed by atoms with van der Waals surface area (Å²) in [5, 5.41) is 3.52. The highest BCUT2D eigenvalue weighted by atomic mass is 15.2. The van der Waals surface area contributed by atoms with Crippen LogP contribution in [0.3, 0.4) is 0 Å². The van der Waals surface area contributed by atoms with Gasteiger partial charge in [-0.1, -0.05) is 60.2 Å². The molecule has 2 nitrogen and oxygen atoms in total. The van der Waals surface area contributed by atoms with Gasteiger partial charge in [-0.15, -0.1) is 0 Å². The first-order chi connectivity index (χ1) is 9.83. The summed E-state index contributed by atoms with van der Waals surface area (Å²) in [6.45, 7) is 6.39. The Bertz CT molecular complexity index is 533. The van der Waals surface area contributed by atoms with E-state index in [1.807, 2.05) is 0 Å². The number of nitrogens with zero attached hydrogens (tertiary/aromatic N) is 1. The first-order valence-corrected chi connectivity index (χ1v) is 7.38. The third kappa shape index (κ3) is 3.09. The fraction of sp³-hybridized carbons (Fsp3) is 0.333. The molecule has 1 N–H and O–H groups in total. The lowest BCUT2D eigenvalue weighted by molar-refractivity contribution is 0.154. The Morgan fingerprint density at radius 2 is 1.80 bits per heavy atom. The van der Waals surface area contributed by atoms with Crippen molar-refractivity contribution in [2.45, 2.75) is 19.5 Å². The van der Waals surface area contributed by atoms with Gasteiger partial charge in [0, 0.05) is 32.2 Å². The van der Waals surface area contributed by atoms with Crippen molar-refractivity contribution in [3.05, 3.63) is 71.3 Å². The molecule has 1 fully saturated rings. The molecule has 0 aromatic heterocycles. The molecule has 0 amide bonds. The third-order valence-corrected chi connectivity index (χ3v) is 4.04. The highest BCUT2D eigenvalue weighted by molar-refractivity contribution is 5.25. The molecule has 2 aromatic rings. The van der Waals surface area contributed by atoms with E-state index in [-0.39, 0.29) is 0 Å². The molecule has 3 rings (SSSR count). The van der Waals surface area contributed by atoms with E-state index in [0.29, 0.717) is 6.04 Å². The van der Waals surface area contributed by atoms with E-state index in [4.69, 9.17) is 0 Å². The summed E-state index contributed by atoms with van der Waals surface area (Å²) < 4.78 is 0. The van der Waals surface area contributed by atoms with Crippen molar-refractivity contribution in [2.24, 2.45) is 0 Å². The molecule has 0 radical (unpaired) electrons. The van der Waals surface area contributed by atoms with Crippen molar-refractivity contribution in [3.8, 4) is 0 Å². The molecule has 0 bridgehead atoms. The molecular formula is C18H22N2. The fourth-order valence-electron chi connectivity index (χ4n) is 2.87. The van der Waals surface area contributed by atoms with Gasteiger partial charge in [-0.3, -0.25) is 4.90 Å². The number of piperazine rings is 1. The molecule has 2 aromatic carbocycles. The zero-order valence-electron chi connectivity index (χ0n) is 12.0. The van der Waals surface area contributed by atoms with Crippen LogP contribution in [0.2, 0.25) is 0 Å². The van der Waals surface area contributed by atoms with Crippen molar-refractivity contribution in [1.82, 2.24) is 10.2 Å². The van der Waals surface area contributed by atoms with Gasteiger partial charge in [0.1, 0.15) is 0 Å². The Labute approximate surface area is 121 Å². The zero-order chi connectivity index (χ0) is 13.8. The highest BCUT2D eigenvalue weighted by Gasteiger charge is 2.23. The van der Waals surface area contributed by atoms with Crippen LogP contribution in [0.25, 0.3) is 0 Å². The molecule has 20 heavy (non-hydrogen) atoms. The van der Waals surface area contributed by atoms with Gasteiger partial charge in [0.15, 0.2) is 0 Å². The first-order valence-electron chi connectivity index (χ1n) is 7.38. The smallest absolute Gasteiger partial charge is 0.0476 e. The summed E-state index contributed by atoms with van der Waals surface area (Å²) in [6.07, 6.45) is 0. The molecule has 1 aliphatic heterocycles. The van der Waals surface area contributed by atoms with Crippen LogP contribution in [0.15, 0.2) is 54.6 Å². The number of benzene rings is 2. The molecule has 0 spiro atoms. The van der Waals surface area contributed by atoms with Crippen LogP contribution in [0.1, 0.15) is 22.7 Å². The van der Waals surface area contributed by atoms with E-state index in [0.717, 1.165) is 26.2 Å². The van der Waals surface area contributed by atoms with Crippen LogP contribution in [-0.2, 0) is 6.54 Å². The average Bonchev–Trinajstić information content (AvgIpc) is 2.50. The molecule has 2 heteroatoms. The number of hydrogen-bond acceptors (Lipinski definition) is 2. The highest BCUT2D eigenvalue weighted by Crippen LogP contribution is 2.24. The Morgan fingerprint density at radius 1 is 1.05 bits per heavy atom. The van der Waals surface area contributed by atoms with Crippen LogP contribution in [0, 0.1) is 6.92 Å². The lowest BCUT2D eigenvalue weighted by Crippen LogP contribution is -2.45. The minimum Gasteiger partial charge on any atom is -0.314 e. The average molecular weight is 266 g/mol. The monoisotopic (exact) mass is 266 g/mol. The number of nitrogens with one attached hydrogen (secondary N) is 1. The van der Waals surface area contributed by atoms with Crippen molar-refractivity contribution >= 4 is 0 Å². The number of hydrogen-bond donors (Lipinski definition) is 1. The summed E-state index contributed by atoms with van der Waals surface area (Å²) in [7, 11) is 0. The second kappa shape index (κ2) is 6.21. The van der Waals surface area contributed by atoms with Crippen LogP contribution < -0.4 is 5.32 Å². The van der Waals surface area contributed by atoms with Crippen molar-refractivity contribution in [3.63, 3.8) is 0 Å². The second-order valence-corrected chi connectivity index (χ2v) is 5.59. The SMILES string of the molecule is Cc1ccc(C2CNCCN2Cc2ccccc2)cc1. The van der Waals surface area contributed by atoms with E-state index in [1.165, 1.54) is 16.7 Å². The van der Waals surface area contributed by atoms with Gasteiger partial charge in [-0.2, -0.15) is 0 Å². The molecule has 0 aliphatic carbocycles. The molecule has 0 saturated carbocycles. The number of rotatable bonds is 3. The Hall–Kier alpha value is -1.64. The fourth-order valence-corrected chi connectivity index (χ4v) is 2.87. The van der Waals surface area contributed by atoms with Crippen molar-refractivity contribution < 1.29 is 0 Å². The maximum absolute atomic E-state index is 3.52. The molecule has 1 saturated heterocycles. The lowest BCUT2D eigenvalue weighted by Gasteiger charge is -2.36. The minimum absolute atomic E-state index is 0.476. The maximum Gasteiger partial charge on any atom is 0.0476 e. The van der Waals surface area contributed by atoms with Crippen molar-refractivity contribution in [1.29, 1.82) is 0 Å². The summed E-state index contributed by atoms with van der Waals surface area (Å²) in [5.41, 5.74) is 4.14. The van der Waals surface area contributed by atoms with Gasteiger partial charge in [0.05, 0.1) is 0 Å². The van der Waals surface area contributed by atoms with Gasteiger partial charge in [-0.05, 0) is 18.1 Å². The lowest BCUT2D eigenvalue weighted by atomic mass is 10.0. The van der Waals surface area contributed by atoms with E-state index >= 15 is 0 Å². The Balaban J connectivity index is 1.78. The largest absolute Gasteiger partial charge is 0.314 e. The summed E-state index contributed by atoms with van der Waals surface area (Å²) in [6, 6.07) is 20.2. The van der Waals surface area contributed by atoms with Gasteiger partial charge in [0.25, 0.3) is 0 Å². The Kier molecular flexibility index (Phi) is 4.14. The predicted octanol–water partition coefficient (Wildman–Crippen LogP) is 3.14.